The van der Waals surface area contributed by atoms with Gasteiger partial charge in [0.05, 0.1) is 12.7 Å². The Morgan fingerprint density at radius 2 is 2.00 bits per heavy atom. The van der Waals surface area contributed by atoms with E-state index in [-0.39, 0.29) is 0 Å². The monoisotopic (exact) mass is 249 g/mol. The molecule has 0 spiro atoms. The van der Waals surface area contributed by atoms with Crippen molar-refractivity contribution in [2.75, 3.05) is 26.2 Å². The number of hydrogen-bond donors (Lipinski definition) is 1. The summed E-state index contributed by atoms with van der Waals surface area (Å²) in [5.41, 5.74) is 0.915. The smallest absolute Gasteiger partial charge is 0.125 e. The fourth-order valence-electron chi connectivity index (χ4n) is 2.51. The van der Waals surface area contributed by atoms with Gasteiger partial charge in [0.25, 0.3) is 0 Å². The molecule has 2 rings (SSSR count). The van der Waals surface area contributed by atoms with Crippen LogP contribution in [0.15, 0.2) is 24.3 Å². The molecule has 0 amide bonds. The van der Waals surface area contributed by atoms with Crippen LogP contribution in [0.2, 0.25) is 0 Å². The van der Waals surface area contributed by atoms with E-state index in [0.29, 0.717) is 6.61 Å². The Kier molecular flexibility index (Phi) is 5.02. The second-order valence-electron chi connectivity index (χ2n) is 4.82. The molecule has 1 N–H and O–H groups in total. The van der Waals surface area contributed by atoms with E-state index < -0.39 is 6.10 Å². The van der Waals surface area contributed by atoms with Crippen molar-refractivity contribution in [3.63, 3.8) is 0 Å². The summed E-state index contributed by atoms with van der Waals surface area (Å²) < 4.78 is 5.56. The molecule has 0 bridgehead atoms. The second-order valence-corrected chi connectivity index (χ2v) is 4.82. The summed E-state index contributed by atoms with van der Waals surface area (Å²) in [6.45, 7) is 5.94. The summed E-state index contributed by atoms with van der Waals surface area (Å²) in [5, 5.41) is 10.3. The van der Waals surface area contributed by atoms with Crippen LogP contribution in [0.1, 0.15) is 37.9 Å². The van der Waals surface area contributed by atoms with Crippen LogP contribution >= 0.6 is 0 Å². The lowest BCUT2D eigenvalue weighted by atomic mass is 10.1. The summed E-state index contributed by atoms with van der Waals surface area (Å²) in [6.07, 6.45) is 2.95. The molecule has 1 saturated heterocycles. The number of benzene rings is 1. The molecule has 0 aliphatic carbocycles. The zero-order chi connectivity index (χ0) is 12.8. The largest absolute Gasteiger partial charge is 0.493 e. The third kappa shape index (κ3) is 3.47. The van der Waals surface area contributed by atoms with Gasteiger partial charge in [-0.15, -0.1) is 0 Å². The first-order valence-corrected chi connectivity index (χ1v) is 6.93. The average molecular weight is 249 g/mol. The predicted molar refractivity (Wildman–Crippen MR) is 72.9 cm³/mol. The van der Waals surface area contributed by atoms with E-state index in [4.69, 9.17) is 4.74 Å². The number of rotatable bonds is 6. The van der Waals surface area contributed by atoms with Crippen molar-refractivity contribution in [3.8, 4) is 5.75 Å². The molecule has 0 radical (unpaired) electrons. The van der Waals surface area contributed by atoms with Crippen LogP contribution in [0.4, 0.5) is 0 Å². The molecule has 1 aromatic rings. The number of nitrogens with zero attached hydrogens (tertiary/aromatic N) is 1. The molecule has 1 fully saturated rings. The van der Waals surface area contributed by atoms with E-state index in [1.54, 1.807) is 0 Å². The van der Waals surface area contributed by atoms with E-state index in [0.717, 1.165) is 24.3 Å². The maximum Gasteiger partial charge on any atom is 0.125 e. The summed E-state index contributed by atoms with van der Waals surface area (Å²) in [6, 6.07) is 7.79. The minimum absolute atomic E-state index is 0.423. The topological polar surface area (TPSA) is 32.7 Å². The van der Waals surface area contributed by atoms with E-state index in [1.807, 2.05) is 31.2 Å². The molecule has 0 aromatic heterocycles. The average Bonchev–Trinajstić information content (AvgIpc) is 2.90. The van der Waals surface area contributed by atoms with Crippen molar-refractivity contribution < 1.29 is 9.84 Å². The fourth-order valence-corrected chi connectivity index (χ4v) is 2.51. The van der Waals surface area contributed by atoms with Crippen LogP contribution in [-0.2, 0) is 0 Å². The number of para-hydroxylation sites is 1. The molecule has 1 aromatic carbocycles. The number of ether oxygens (including phenoxy) is 1. The molecular weight excluding hydrogens is 226 g/mol. The van der Waals surface area contributed by atoms with Gasteiger partial charge < -0.3 is 14.7 Å². The summed E-state index contributed by atoms with van der Waals surface area (Å²) in [7, 11) is 0. The zero-order valence-corrected chi connectivity index (χ0v) is 11.1. The van der Waals surface area contributed by atoms with Crippen LogP contribution in [-0.4, -0.2) is 36.2 Å². The Hall–Kier alpha value is -1.06. The van der Waals surface area contributed by atoms with Crippen LogP contribution in [0.3, 0.4) is 0 Å². The van der Waals surface area contributed by atoms with Crippen molar-refractivity contribution >= 4 is 0 Å². The summed E-state index contributed by atoms with van der Waals surface area (Å²) in [4.78, 5) is 2.42. The zero-order valence-electron chi connectivity index (χ0n) is 11.1. The molecule has 0 saturated carbocycles. The van der Waals surface area contributed by atoms with E-state index >= 15 is 0 Å². The van der Waals surface area contributed by atoms with Crippen molar-refractivity contribution in [2.24, 2.45) is 0 Å². The molecule has 1 aliphatic heterocycles. The predicted octanol–water partition coefficient (Wildman–Crippen LogP) is 2.60. The standard InChI is InChI=1S/C15H23NO2/c1-2-18-15-8-4-3-7-13(15)14(17)9-12-16-10-5-6-11-16/h3-4,7-8,14,17H,2,5-6,9-12H2,1H3. The van der Waals surface area contributed by atoms with Gasteiger partial charge in [-0.25, -0.2) is 0 Å². The molecule has 1 atom stereocenters. The Morgan fingerprint density at radius 3 is 2.72 bits per heavy atom. The third-order valence-electron chi connectivity index (χ3n) is 3.50. The van der Waals surface area contributed by atoms with Gasteiger partial charge in [-0.3, -0.25) is 0 Å². The summed E-state index contributed by atoms with van der Waals surface area (Å²) in [5.74, 6) is 0.814. The van der Waals surface area contributed by atoms with Gasteiger partial charge in [0, 0.05) is 12.1 Å². The molecule has 1 heterocycles. The van der Waals surface area contributed by atoms with Gasteiger partial charge in [-0.2, -0.15) is 0 Å². The molecule has 1 unspecified atom stereocenters. The lowest BCUT2D eigenvalue weighted by Gasteiger charge is -2.19. The van der Waals surface area contributed by atoms with Crippen molar-refractivity contribution in [2.45, 2.75) is 32.3 Å². The Morgan fingerprint density at radius 1 is 1.28 bits per heavy atom. The van der Waals surface area contributed by atoms with E-state index in [2.05, 4.69) is 4.90 Å². The van der Waals surface area contributed by atoms with Gasteiger partial charge >= 0.3 is 0 Å². The normalized spacial score (nSPS) is 17.9. The van der Waals surface area contributed by atoms with E-state index in [9.17, 15) is 5.11 Å². The highest BCUT2D eigenvalue weighted by molar-refractivity contribution is 5.35. The first kappa shape index (κ1) is 13.4. The maximum absolute atomic E-state index is 10.3. The fraction of sp³-hybridized carbons (Fsp3) is 0.600. The number of aliphatic hydroxyl groups is 1. The van der Waals surface area contributed by atoms with Crippen LogP contribution in [0.5, 0.6) is 5.75 Å². The lowest BCUT2D eigenvalue weighted by molar-refractivity contribution is 0.144. The molecule has 100 valence electrons. The van der Waals surface area contributed by atoms with Gasteiger partial charge in [-0.05, 0) is 45.3 Å². The van der Waals surface area contributed by atoms with Crippen molar-refractivity contribution in [3.05, 3.63) is 29.8 Å². The number of hydrogen-bond acceptors (Lipinski definition) is 3. The molecular formula is C15H23NO2. The SMILES string of the molecule is CCOc1ccccc1C(O)CCN1CCCC1. The van der Waals surface area contributed by atoms with Crippen molar-refractivity contribution in [1.82, 2.24) is 4.90 Å². The second kappa shape index (κ2) is 6.76. The maximum atomic E-state index is 10.3. The molecule has 18 heavy (non-hydrogen) atoms. The van der Waals surface area contributed by atoms with E-state index in [1.165, 1.54) is 25.9 Å². The van der Waals surface area contributed by atoms with Gasteiger partial charge in [0.1, 0.15) is 5.75 Å². The lowest BCUT2D eigenvalue weighted by Crippen LogP contribution is -2.22. The number of aliphatic hydroxyl groups excluding tert-OH is 1. The van der Waals surface area contributed by atoms with Crippen LogP contribution < -0.4 is 4.74 Å². The van der Waals surface area contributed by atoms with Crippen LogP contribution in [0, 0.1) is 0 Å². The molecule has 3 heteroatoms. The van der Waals surface area contributed by atoms with Gasteiger partial charge in [0.2, 0.25) is 0 Å². The Balaban J connectivity index is 1.92. The quantitative estimate of drug-likeness (QED) is 0.841. The molecule has 1 aliphatic rings. The molecule has 3 nitrogen and oxygen atoms in total. The highest BCUT2D eigenvalue weighted by Crippen LogP contribution is 2.27. The summed E-state index contributed by atoms with van der Waals surface area (Å²) >= 11 is 0. The highest BCUT2D eigenvalue weighted by Gasteiger charge is 2.16. The van der Waals surface area contributed by atoms with Crippen molar-refractivity contribution in [1.29, 1.82) is 0 Å². The minimum Gasteiger partial charge on any atom is -0.493 e. The first-order valence-electron chi connectivity index (χ1n) is 6.93. The Labute approximate surface area is 109 Å². The third-order valence-corrected chi connectivity index (χ3v) is 3.50. The number of likely N-dealkylation sites (tertiary alicyclic amines) is 1. The van der Waals surface area contributed by atoms with Gasteiger partial charge in [-0.1, -0.05) is 18.2 Å². The van der Waals surface area contributed by atoms with Crippen LogP contribution in [0.25, 0.3) is 0 Å². The minimum atomic E-state index is -0.423. The first-order chi connectivity index (χ1) is 8.81. The highest BCUT2D eigenvalue weighted by atomic mass is 16.5. The van der Waals surface area contributed by atoms with Gasteiger partial charge in [0.15, 0.2) is 0 Å². The Bertz CT molecular complexity index is 361.